The fraction of sp³-hybridized carbons (Fsp3) is 0.231. The van der Waals surface area contributed by atoms with Gasteiger partial charge in [-0.15, -0.1) is 0 Å². The Labute approximate surface area is 119 Å². The molecule has 1 aromatic heterocycles. The van der Waals surface area contributed by atoms with Gasteiger partial charge in [0.25, 0.3) is 5.91 Å². The van der Waals surface area contributed by atoms with Crippen molar-refractivity contribution in [2.75, 3.05) is 12.3 Å². The van der Waals surface area contributed by atoms with Crippen molar-refractivity contribution in [2.45, 2.75) is 6.42 Å². The van der Waals surface area contributed by atoms with Crippen LogP contribution in [0.4, 0.5) is 5.69 Å². The maximum absolute atomic E-state index is 11.9. The Morgan fingerprint density at radius 3 is 2.95 bits per heavy atom. The molecule has 1 amide bonds. The maximum Gasteiger partial charge on any atom is 0.251 e. The molecule has 1 heterocycles. The quantitative estimate of drug-likeness (QED) is 0.842. The largest absolute Gasteiger partial charge is 0.398 e. The Hall–Kier alpha value is -1.82. The van der Waals surface area contributed by atoms with Crippen molar-refractivity contribution in [3.63, 3.8) is 0 Å². The summed E-state index contributed by atoms with van der Waals surface area (Å²) in [6, 6.07) is 5.16. The molecule has 0 aliphatic heterocycles. The molecule has 0 aliphatic rings. The van der Waals surface area contributed by atoms with Gasteiger partial charge in [-0.3, -0.25) is 9.48 Å². The minimum absolute atomic E-state index is 0.122. The Morgan fingerprint density at radius 2 is 2.32 bits per heavy atom. The third kappa shape index (κ3) is 3.57. The molecule has 5 nitrogen and oxygen atoms in total. The number of hydrogen-bond donors (Lipinski definition) is 2. The van der Waals surface area contributed by atoms with Crippen molar-refractivity contribution < 1.29 is 4.79 Å². The van der Waals surface area contributed by atoms with Gasteiger partial charge in [-0.25, -0.2) is 0 Å². The van der Waals surface area contributed by atoms with E-state index in [1.807, 2.05) is 13.2 Å². The van der Waals surface area contributed by atoms with Crippen molar-refractivity contribution in [3.8, 4) is 0 Å². The Bertz CT molecular complexity index is 594. The van der Waals surface area contributed by atoms with Crippen LogP contribution in [-0.4, -0.2) is 22.2 Å². The summed E-state index contributed by atoms with van der Waals surface area (Å²) < 4.78 is 2.53. The Balaban J connectivity index is 1.89. The molecule has 0 aliphatic carbocycles. The van der Waals surface area contributed by atoms with Gasteiger partial charge in [0.05, 0.1) is 6.20 Å². The number of anilines is 1. The molecule has 19 heavy (non-hydrogen) atoms. The smallest absolute Gasteiger partial charge is 0.251 e. The zero-order valence-electron chi connectivity index (χ0n) is 10.6. The summed E-state index contributed by atoms with van der Waals surface area (Å²) in [5.74, 6) is -0.122. The maximum atomic E-state index is 11.9. The van der Waals surface area contributed by atoms with E-state index >= 15 is 0 Å². The number of benzene rings is 1. The zero-order chi connectivity index (χ0) is 13.8. The van der Waals surface area contributed by atoms with Crippen LogP contribution in [0.1, 0.15) is 15.9 Å². The van der Waals surface area contributed by atoms with Crippen molar-refractivity contribution in [3.05, 3.63) is 46.2 Å². The SMILES string of the molecule is Cn1cc(CCNC(=O)c2ccc(Br)c(N)c2)cn1. The standard InChI is InChI=1S/C13H15BrN4O/c1-18-8-9(7-17-18)4-5-16-13(19)10-2-3-11(14)12(15)6-10/h2-3,6-8H,4-5,15H2,1H3,(H,16,19). The summed E-state index contributed by atoms with van der Waals surface area (Å²) in [5, 5.41) is 6.93. The molecule has 0 radical (unpaired) electrons. The predicted molar refractivity (Wildman–Crippen MR) is 77.8 cm³/mol. The highest BCUT2D eigenvalue weighted by molar-refractivity contribution is 9.10. The Kier molecular flexibility index (Phi) is 4.21. The lowest BCUT2D eigenvalue weighted by atomic mass is 10.2. The second-order valence-corrected chi connectivity index (χ2v) is 5.12. The average Bonchev–Trinajstić information content (AvgIpc) is 2.78. The topological polar surface area (TPSA) is 72.9 Å². The van der Waals surface area contributed by atoms with Crippen LogP contribution in [0, 0.1) is 0 Å². The van der Waals surface area contributed by atoms with E-state index in [0.717, 1.165) is 16.5 Å². The molecule has 100 valence electrons. The van der Waals surface area contributed by atoms with Crippen molar-refractivity contribution in [1.29, 1.82) is 0 Å². The summed E-state index contributed by atoms with van der Waals surface area (Å²) in [6.45, 7) is 0.570. The minimum atomic E-state index is -0.122. The highest BCUT2D eigenvalue weighted by Gasteiger charge is 2.07. The number of nitrogens with one attached hydrogen (secondary N) is 1. The highest BCUT2D eigenvalue weighted by Crippen LogP contribution is 2.20. The number of carbonyl (C=O) groups is 1. The van der Waals surface area contributed by atoms with Crippen LogP contribution in [0.5, 0.6) is 0 Å². The van der Waals surface area contributed by atoms with E-state index in [4.69, 9.17) is 5.73 Å². The lowest BCUT2D eigenvalue weighted by Crippen LogP contribution is -2.25. The average molecular weight is 323 g/mol. The first-order valence-corrected chi connectivity index (χ1v) is 6.66. The van der Waals surface area contributed by atoms with Gasteiger partial charge >= 0.3 is 0 Å². The van der Waals surface area contributed by atoms with Crippen LogP contribution in [0.25, 0.3) is 0 Å². The molecule has 0 bridgehead atoms. The number of carbonyl (C=O) groups excluding carboxylic acids is 1. The molecule has 0 fully saturated rings. The van der Waals surface area contributed by atoms with Gasteiger partial charge in [0, 0.05) is 35.5 Å². The highest BCUT2D eigenvalue weighted by atomic mass is 79.9. The number of nitrogens with zero attached hydrogens (tertiary/aromatic N) is 2. The van der Waals surface area contributed by atoms with E-state index in [9.17, 15) is 4.79 Å². The normalized spacial score (nSPS) is 10.4. The van der Waals surface area contributed by atoms with Gasteiger partial charge in [0.1, 0.15) is 0 Å². The molecule has 2 rings (SSSR count). The third-order valence-electron chi connectivity index (χ3n) is 2.72. The molecule has 1 aromatic carbocycles. The van der Waals surface area contributed by atoms with Gasteiger partial charge in [-0.1, -0.05) is 0 Å². The molecule has 6 heteroatoms. The zero-order valence-corrected chi connectivity index (χ0v) is 12.1. The minimum Gasteiger partial charge on any atom is -0.398 e. The van der Waals surface area contributed by atoms with Crippen molar-refractivity contribution in [2.24, 2.45) is 7.05 Å². The summed E-state index contributed by atoms with van der Waals surface area (Å²) in [7, 11) is 1.87. The number of aryl methyl sites for hydroxylation is 1. The number of aromatic nitrogens is 2. The van der Waals surface area contributed by atoms with Crippen LogP contribution in [0.3, 0.4) is 0 Å². The second kappa shape index (κ2) is 5.88. The Morgan fingerprint density at radius 1 is 1.53 bits per heavy atom. The molecule has 0 saturated carbocycles. The summed E-state index contributed by atoms with van der Waals surface area (Å²) in [4.78, 5) is 11.9. The number of hydrogen-bond acceptors (Lipinski definition) is 3. The molecule has 0 saturated heterocycles. The van der Waals surface area contributed by atoms with E-state index in [1.54, 1.807) is 29.1 Å². The number of halogens is 1. The van der Waals surface area contributed by atoms with Crippen LogP contribution < -0.4 is 11.1 Å². The monoisotopic (exact) mass is 322 g/mol. The lowest BCUT2D eigenvalue weighted by molar-refractivity contribution is 0.0954. The number of rotatable bonds is 4. The van der Waals surface area contributed by atoms with Gasteiger partial charge in [0.15, 0.2) is 0 Å². The molecular formula is C13H15BrN4O. The first kappa shape index (κ1) is 13.6. The van der Waals surface area contributed by atoms with Crippen molar-refractivity contribution >= 4 is 27.5 Å². The fourth-order valence-electron chi connectivity index (χ4n) is 1.71. The van der Waals surface area contributed by atoms with E-state index < -0.39 is 0 Å². The van der Waals surface area contributed by atoms with Crippen LogP contribution >= 0.6 is 15.9 Å². The summed E-state index contributed by atoms with van der Waals surface area (Å²) in [6.07, 6.45) is 4.49. The number of nitrogens with two attached hydrogens (primary N) is 1. The number of nitrogen functional groups attached to an aromatic ring is 1. The molecule has 2 aromatic rings. The van der Waals surface area contributed by atoms with E-state index in [2.05, 4.69) is 26.3 Å². The number of amides is 1. The van der Waals surface area contributed by atoms with E-state index in [-0.39, 0.29) is 5.91 Å². The van der Waals surface area contributed by atoms with E-state index in [0.29, 0.717) is 17.8 Å². The lowest BCUT2D eigenvalue weighted by Gasteiger charge is -2.06. The summed E-state index contributed by atoms with van der Waals surface area (Å²) in [5.41, 5.74) is 7.96. The van der Waals surface area contributed by atoms with Crippen LogP contribution in [0.2, 0.25) is 0 Å². The third-order valence-corrected chi connectivity index (χ3v) is 3.44. The summed E-state index contributed by atoms with van der Waals surface area (Å²) >= 11 is 3.30. The molecule has 0 unspecified atom stereocenters. The van der Waals surface area contributed by atoms with Gasteiger partial charge in [-0.2, -0.15) is 5.10 Å². The first-order valence-electron chi connectivity index (χ1n) is 5.87. The fourth-order valence-corrected chi connectivity index (χ4v) is 1.96. The second-order valence-electron chi connectivity index (χ2n) is 4.26. The van der Waals surface area contributed by atoms with Crippen molar-refractivity contribution in [1.82, 2.24) is 15.1 Å². The molecule has 3 N–H and O–H groups in total. The van der Waals surface area contributed by atoms with Gasteiger partial charge in [-0.05, 0) is 46.1 Å². The van der Waals surface area contributed by atoms with Crippen LogP contribution in [0.15, 0.2) is 35.1 Å². The van der Waals surface area contributed by atoms with E-state index in [1.165, 1.54) is 0 Å². The molecular weight excluding hydrogens is 308 g/mol. The van der Waals surface area contributed by atoms with Gasteiger partial charge in [0.2, 0.25) is 0 Å². The van der Waals surface area contributed by atoms with Crippen LogP contribution in [-0.2, 0) is 13.5 Å². The predicted octanol–water partition coefficient (Wildman–Crippen LogP) is 1.74. The molecule has 0 atom stereocenters. The molecule has 0 spiro atoms. The van der Waals surface area contributed by atoms with Gasteiger partial charge < -0.3 is 11.1 Å². The first-order chi connectivity index (χ1) is 9.06.